The van der Waals surface area contributed by atoms with E-state index in [0.717, 1.165) is 24.7 Å². The normalized spacial score (nSPS) is 27.3. The topological polar surface area (TPSA) is 29.1 Å². The molecule has 0 aliphatic carbocycles. The lowest BCUT2D eigenvalue weighted by molar-refractivity contribution is -0.120. The summed E-state index contributed by atoms with van der Waals surface area (Å²) >= 11 is 3.43. The fourth-order valence-corrected chi connectivity index (χ4v) is 1.79. The van der Waals surface area contributed by atoms with E-state index in [1.54, 1.807) is 0 Å². The van der Waals surface area contributed by atoms with E-state index >= 15 is 0 Å². The third-order valence-electron chi connectivity index (χ3n) is 1.87. The molecule has 2 nitrogen and oxygen atoms in total. The van der Waals surface area contributed by atoms with Gasteiger partial charge in [0.2, 0.25) is 5.91 Å². The Morgan fingerprint density at radius 2 is 2.40 bits per heavy atom. The van der Waals surface area contributed by atoms with Gasteiger partial charge in [-0.1, -0.05) is 15.9 Å². The van der Waals surface area contributed by atoms with E-state index in [4.69, 9.17) is 0 Å². The van der Waals surface area contributed by atoms with Crippen molar-refractivity contribution in [3.8, 4) is 0 Å². The van der Waals surface area contributed by atoms with E-state index in [2.05, 4.69) is 21.2 Å². The smallest absolute Gasteiger partial charge is 0.220 e. The van der Waals surface area contributed by atoms with Crippen LogP contribution in [0, 0.1) is 5.92 Å². The number of alkyl halides is 1. The molecule has 1 heterocycles. The maximum Gasteiger partial charge on any atom is 0.220 e. The fourth-order valence-electron chi connectivity index (χ4n) is 1.14. The van der Waals surface area contributed by atoms with Gasteiger partial charge in [0.1, 0.15) is 0 Å². The van der Waals surface area contributed by atoms with E-state index < -0.39 is 0 Å². The van der Waals surface area contributed by atoms with Crippen LogP contribution < -0.4 is 5.32 Å². The molecule has 0 radical (unpaired) electrons. The predicted molar refractivity (Wildman–Crippen MR) is 44.1 cm³/mol. The molecule has 10 heavy (non-hydrogen) atoms. The summed E-state index contributed by atoms with van der Waals surface area (Å²) in [4.78, 5) is 10.8. The lowest BCUT2D eigenvalue weighted by atomic mass is 10.0. The molecule has 58 valence electrons. The Kier molecular flexibility index (Phi) is 3.19. The highest BCUT2D eigenvalue weighted by molar-refractivity contribution is 9.09. The summed E-state index contributed by atoms with van der Waals surface area (Å²) in [6.07, 6.45) is 2.87. The van der Waals surface area contributed by atoms with Crippen molar-refractivity contribution >= 4 is 21.8 Å². The Balaban J connectivity index is 2.33. The summed E-state index contributed by atoms with van der Waals surface area (Å²) in [7, 11) is 0. The lowest BCUT2D eigenvalue weighted by Gasteiger charge is -2.06. The second kappa shape index (κ2) is 3.96. The van der Waals surface area contributed by atoms with Gasteiger partial charge in [-0.3, -0.25) is 4.79 Å². The van der Waals surface area contributed by atoms with Gasteiger partial charge in [-0.2, -0.15) is 0 Å². The van der Waals surface area contributed by atoms with Crippen LogP contribution in [0.4, 0.5) is 0 Å². The van der Waals surface area contributed by atoms with Crippen molar-refractivity contribution in [2.45, 2.75) is 19.3 Å². The molecule has 3 heteroatoms. The third-order valence-corrected chi connectivity index (χ3v) is 2.79. The zero-order chi connectivity index (χ0) is 7.40. The number of rotatable bonds is 1. The van der Waals surface area contributed by atoms with Crippen LogP contribution in [0.25, 0.3) is 0 Å². The van der Waals surface area contributed by atoms with Crippen LogP contribution in [-0.2, 0) is 4.79 Å². The zero-order valence-electron chi connectivity index (χ0n) is 5.90. The molecule has 0 spiro atoms. The Labute approximate surface area is 69.5 Å². The van der Waals surface area contributed by atoms with Crippen molar-refractivity contribution in [3.63, 3.8) is 0 Å². The highest BCUT2D eigenvalue weighted by atomic mass is 79.9. The minimum Gasteiger partial charge on any atom is -0.356 e. The van der Waals surface area contributed by atoms with E-state index in [1.165, 1.54) is 0 Å². The second-order valence-corrected chi connectivity index (χ2v) is 3.35. The Morgan fingerprint density at radius 1 is 1.60 bits per heavy atom. The molecule has 0 aromatic carbocycles. The summed E-state index contributed by atoms with van der Waals surface area (Å²) in [6, 6.07) is 0. The summed E-state index contributed by atoms with van der Waals surface area (Å²) < 4.78 is 0. The molecule has 1 amide bonds. The highest BCUT2D eigenvalue weighted by Crippen LogP contribution is 2.15. The standard InChI is InChI=1S/C7H12BrNO/c8-5-6-1-2-7(10)9-4-3-6/h6H,1-5H2,(H,9,10)/t6-/m0/s1. The average Bonchev–Trinajstić information content (AvgIpc) is 2.14. The molecular formula is C7H12BrNO. The molecule has 1 aliphatic heterocycles. The monoisotopic (exact) mass is 205 g/mol. The minimum atomic E-state index is 0.212. The van der Waals surface area contributed by atoms with Crippen LogP contribution in [0.2, 0.25) is 0 Å². The number of amides is 1. The van der Waals surface area contributed by atoms with Crippen LogP contribution in [0.5, 0.6) is 0 Å². The van der Waals surface area contributed by atoms with Crippen molar-refractivity contribution in [1.29, 1.82) is 0 Å². The van der Waals surface area contributed by atoms with Gasteiger partial charge in [-0.25, -0.2) is 0 Å². The van der Waals surface area contributed by atoms with Gasteiger partial charge in [0.25, 0.3) is 0 Å². The Hall–Kier alpha value is -0.0500. The second-order valence-electron chi connectivity index (χ2n) is 2.70. The van der Waals surface area contributed by atoms with Gasteiger partial charge in [-0.15, -0.1) is 0 Å². The third kappa shape index (κ3) is 2.29. The average molecular weight is 206 g/mol. The van der Waals surface area contributed by atoms with Crippen LogP contribution >= 0.6 is 15.9 Å². The first-order valence-corrected chi connectivity index (χ1v) is 4.77. The summed E-state index contributed by atoms with van der Waals surface area (Å²) in [5, 5.41) is 3.88. The SMILES string of the molecule is O=C1CC[C@H](CBr)CCN1. The molecule has 1 aliphatic rings. The lowest BCUT2D eigenvalue weighted by Crippen LogP contribution is -2.21. The quantitative estimate of drug-likeness (QED) is 0.643. The van der Waals surface area contributed by atoms with Crippen molar-refractivity contribution in [1.82, 2.24) is 5.32 Å². The van der Waals surface area contributed by atoms with E-state index in [9.17, 15) is 4.79 Å². The van der Waals surface area contributed by atoms with Crippen molar-refractivity contribution in [2.24, 2.45) is 5.92 Å². The van der Waals surface area contributed by atoms with Crippen molar-refractivity contribution in [3.05, 3.63) is 0 Å². The van der Waals surface area contributed by atoms with Gasteiger partial charge in [-0.05, 0) is 18.8 Å². The van der Waals surface area contributed by atoms with Crippen molar-refractivity contribution < 1.29 is 4.79 Å². The van der Waals surface area contributed by atoms with Gasteiger partial charge in [0, 0.05) is 18.3 Å². The highest BCUT2D eigenvalue weighted by Gasteiger charge is 2.13. The summed E-state index contributed by atoms with van der Waals surface area (Å²) in [5.74, 6) is 0.905. The largest absolute Gasteiger partial charge is 0.356 e. The first-order valence-electron chi connectivity index (χ1n) is 3.65. The molecule has 1 atom stereocenters. The fraction of sp³-hybridized carbons (Fsp3) is 0.857. The number of hydrogen-bond donors (Lipinski definition) is 1. The molecule has 1 fully saturated rings. The molecule has 0 unspecified atom stereocenters. The number of carbonyl (C=O) groups excluding carboxylic acids is 1. The Bertz CT molecular complexity index is 127. The molecule has 1 N–H and O–H groups in total. The van der Waals surface area contributed by atoms with Crippen LogP contribution in [0.1, 0.15) is 19.3 Å². The summed E-state index contributed by atoms with van der Waals surface area (Å²) in [5.41, 5.74) is 0. The number of halogens is 1. The molecule has 1 saturated heterocycles. The van der Waals surface area contributed by atoms with Gasteiger partial charge in [0.15, 0.2) is 0 Å². The first-order chi connectivity index (χ1) is 4.83. The first kappa shape index (κ1) is 8.05. The van der Waals surface area contributed by atoms with Gasteiger partial charge >= 0.3 is 0 Å². The summed E-state index contributed by atoms with van der Waals surface area (Å²) in [6.45, 7) is 0.856. The van der Waals surface area contributed by atoms with Gasteiger partial charge in [0.05, 0.1) is 0 Å². The molecule has 0 bridgehead atoms. The molecular weight excluding hydrogens is 194 g/mol. The number of carbonyl (C=O) groups is 1. The molecule has 0 aromatic heterocycles. The van der Waals surface area contributed by atoms with Crippen LogP contribution in [-0.4, -0.2) is 17.8 Å². The van der Waals surface area contributed by atoms with Crippen molar-refractivity contribution in [2.75, 3.05) is 11.9 Å². The Morgan fingerprint density at radius 3 is 3.10 bits per heavy atom. The predicted octanol–water partition coefficient (Wildman–Crippen LogP) is 1.30. The van der Waals surface area contributed by atoms with E-state index in [0.29, 0.717) is 12.3 Å². The minimum absolute atomic E-state index is 0.212. The van der Waals surface area contributed by atoms with E-state index in [1.807, 2.05) is 0 Å². The number of nitrogens with one attached hydrogen (secondary N) is 1. The number of hydrogen-bond acceptors (Lipinski definition) is 1. The van der Waals surface area contributed by atoms with Gasteiger partial charge < -0.3 is 5.32 Å². The van der Waals surface area contributed by atoms with E-state index in [-0.39, 0.29) is 5.91 Å². The molecule has 0 saturated carbocycles. The van der Waals surface area contributed by atoms with Crippen LogP contribution in [0.3, 0.4) is 0 Å². The maximum atomic E-state index is 10.8. The molecule has 0 aromatic rings. The maximum absolute atomic E-state index is 10.8. The molecule has 1 rings (SSSR count). The zero-order valence-corrected chi connectivity index (χ0v) is 7.49. The van der Waals surface area contributed by atoms with Crippen LogP contribution in [0.15, 0.2) is 0 Å².